The van der Waals surface area contributed by atoms with E-state index in [4.69, 9.17) is 4.74 Å². The summed E-state index contributed by atoms with van der Waals surface area (Å²) in [6.07, 6.45) is 7.25. The van der Waals surface area contributed by atoms with Crippen LogP contribution in [0.2, 0.25) is 0 Å². The molecule has 1 saturated carbocycles. The van der Waals surface area contributed by atoms with E-state index < -0.39 is 5.60 Å². The van der Waals surface area contributed by atoms with E-state index in [1.165, 1.54) is 5.56 Å². The predicted molar refractivity (Wildman–Crippen MR) is 92.9 cm³/mol. The molecule has 1 heterocycles. The van der Waals surface area contributed by atoms with E-state index in [1.807, 2.05) is 19.9 Å². The number of benzene rings is 1. The van der Waals surface area contributed by atoms with Crippen molar-refractivity contribution in [1.82, 2.24) is 0 Å². The molecule has 1 aliphatic carbocycles. The standard InChI is InChI=1S/C19H23BrO2/c1-4-13-11-15(20)8-7-14(13)12-16-17(21)18(2,3)22-19(16)9-5-6-10-19/h7-8,11-12H,4-6,9-10H2,1-3H3/b16-12-. The van der Waals surface area contributed by atoms with Gasteiger partial charge in [0.25, 0.3) is 0 Å². The molecule has 1 spiro atoms. The Kier molecular flexibility index (Phi) is 4.07. The molecule has 118 valence electrons. The van der Waals surface area contributed by atoms with Crippen molar-refractivity contribution in [3.05, 3.63) is 39.4 Å². The molecule has 22 heavy (non-hydrogen) atoms. The normalized spacial score (nSPS) is 24.5. The molecule has 1 aromatic carbocycles. The van der Waals surface area contributed by atoms with Gasteiger partial charge in [-0.1, -0.05) is 41.8 Å². The number of ether oxygens (including phenoxy) is 1. The molecule has 0 aromatic heterocycles. The molecule has 2 fully saturated rings. The highest BCUT2D eigenvalue weighted by molar-refractivity contribution is 9.10. The first-order chi connectivity index (χ1) is 10.4. The van der Waals surface area contributed by atoms with Crippen LogP contribution in [0.25, 0.3) is 6.08 Å². The zero-order valence-electron chi connectivity index (χ0n) is 13.5. The Bertz CT molecular complexity index is 637. The maximum absolute atomic E-state index is 12.9. The Morgan fingerprint density at radius 1 is 1.27 bits per heavy atom. The van der Waals surface area contributed by atoms with Crippen LogP contribution in [-0.2, 0) is 16.0 Å². The van der Waals surface area contributed by atoms with Gasteiger partial charge >= 0.3 is 0 Å². The Morgan fingerprint density at radius 3 is 2.59 bits per heavy atom. The first-order valence-corrected chi connectivity index (χ1v) is 8.93. The van der Waals surface area contributed by atoms with E-state index >= 15 is 0 Å². The minimum Gasteiger partial charge on any atom is -0.356 e. The van der Waals surface area contributed by atoms with Gasteiger partial charge in [-0.05, 0) is 62.4 Å². The van der Waals surface area contributed by atoms with Crippen molar-refractivity contribution >= 4 is 27.8 Å². The van der Waals surface area contributed by atoms with Crippen molar-refractivity contribution in [2.45, 2.75) is 64.1 Å². The monoisotopic (exact) mass is 362 g/mol. The molecule has 0 radical (unpaired) electrons. The van der Waals surface area contributed by atoms with Gasteiger partial charge in [-0.15, -0.1) is 0 Å². The van der Waals surface area contributed by atoms with Crippen LogP contribution in [0.5, 0.6) is 0 Å². The summed E-state index contributed by atoms with van der Waals surface area (Å²) in [5.41, 5.74) is 2.23. The van der Waals surface area contributed by atoms with E-state index in [9.17, 15) is 4.79 Å². The summed E-state index contributed by atoms with van der Waals surface area (Å²) in [5.74, 6) is 0.152. The Morgan fingerprint density at radius 2 is 1.95 bits per heavy atom. The van der Waals surface area contributed by atoms with Gasteiger partial charge in [0.15, 0.2) is 5.78 Å². The van der Waals surface area contributed by atoms with E-state index in [0.717, 1.165) is 47.7 Å². The fraction of sp³-hybridized carbons (Fsp3) is 0.526. The highest BCUT2D eigenvalue weighted by atomic mass is 79.9. The molecule has 1 aromatic rings. The highest BCUT2D eigenvalue weighted by Gasteiger charge is 2.55. The number of aryl methyl sites for hydroxylation is 1. The first-order valence-electron chi connectivity index (χ1n) is 8.13. The number of halogens is 1. The molecule has 1 aliphatic heterocycles. The van der Waals surface area contributed by atoms with Gasteiger partial charge < -0.3 is 4.74 Å². The molecular weight excluding hydrogens is 340 g/mol. The van der Waals surface area contributed by atoms with E-state index in [1.54, 1.807) is 0 Å². The van der Waals surface area contributed by atoms with Gasteiger partial charge in [-0.25, -0.2) is 0 Å². The topological polar surface area (TPSA) is 26.3 Å². The van der Waals surface area contributed by atoms with Crippen LogP contribution in [-0.4, -0.2) is 17.0 Å². The summed E-state index contributed by atoms with van der Waals surface area (Å²) in [6, 6.07) is 6.27. The van der Waals surface area contributed by atoms with Crippen LogP contribution in [0.15, 0.2) is 28.2 Å². The lowest BCUT2D eigenvalue weighted by Crippen LogP contribution is -2.31. The first kappa shape index (κ1) is 15.9. The van der Waals surface area contributed by atoms with Crippen molar-refractivity contribution in [1.29, 1.82) is 0 Å². The van der Waals surface area contributed by atoms with Crippen LogP contribution in [0.3, 0.4) is 0 Å². The minimum atomic E-state index is -0.697. The maximum Gasteiger partial charge on any atom is 0.193 e. The second-order valence-corrected chi connectivity index (χ2v) is 7.81. The third-order valence-corrected chi connectivity index (χ3v) is 5.42. The summed E-state index contributed by atoms with van der Waals surface area (Å²) >= 11 is 3.53. The lowest BCUT2D eigenvalue weighted by molar-refractivity contribution is -0.133. The number of ketones is 1. The average molecular weight is 363 g/mol. The third kappa shape index (κ3) is 2.59. The Balaban J connectivity index is 2.10. The van der Waals surface area contributed by atoms with Crippen LogP contribution < -0.4 is 0 Å². The number of carbonyl (C=O) groups excluding carboxylic acids is 1. The summed E-state index contributed by atoms with van der Waals surface area (Å²) < 4.78 is 7.34. The Hall–Kier alpha value is -0.930. The molecule has 2 nitrogen and oxygen atoms in total. The number of rotatable bonds is 2. The summed E-state index contributed by atoms with van der Waals surface area (Å²) in [6.45, 7) is 5.95. The predicted octanol–water partition coefficient (Wildman–Crippen LogP) is 5.09. The Labute approximate surface area is 141 Å². The van der Waals surface area contributed by atoms with Gasteiger partial charge in [-0.3, -0.25) is 4.79 Å². The van der Waals surface area contributed by atoms with Gasteiger partial charge in [0, 0.05) is 10.0 Å². The van der Waals surface area contributed by atoms with Gasteiger partial charge in [0.2, 0.25) is 0 Å². The number of carbonyl (C=O) groups is 1. The molecular formula is C19H23BrO2. The molecule has 3 heteroatoms. The lowest BCUT2D eigenvalue weighted by atomic mass is 9.86. The third-order valence-electron chi connectivity index (χ3n) is 4.93. The molecule has 3 rings (SSSR count). The molecule has 0 unspecified atom stereocenters. The van der Waals surface area contributed by atoms with Crippen molar-refractivity contribution in [2.75, 3.05) is 0 Å². The van der Waals surface area contributed by atoms with Gasteiger partial charge in [0.05, 0.1) is 5.60 Å². The molecule has 0 atom stereocenters. The van der Waals surface area contributed by atoms with Crippen LogP contribution >= 0.6 is 15.9 Å². The molecule has 0 N–H and O–H groups in total. The maximum atomic E-state index is 12.9. The number of Topliss-reactive ketones (excluding diaryl/α,β-unsaturated/α-hetero) is 1. The average Bonchev–Trinajstić information content (AvgIpc) is 2.99. The van der Waals surface area contributed by atoms with Crippen molar-refractivity contribution in [3.63, 3.8) is 0 Å². The molecule has 0 amide bonds. The molecule has 1 saturated heterocycles. The van der Waals surface area contributed by atoms with Gasteiger partial charge in [0.1, 0.15) is 5.60 Å². The largest absolute Gasteiger partial charge is 0.356 e. The zero-order valence-corrected chi connectivity index (χ0v) is 15.1. The minimum absolute atomic E-state index is 0.152. The molecule has 0 bridgehead atoms. The quantitative estimate of drug-likeness (QED) is 0.685. The fourth-order valence-corrected chi connectivity index (χ4v) is 4.22. The van der Waals surface area contributed by atoms with Crippen LogP contribution in [0.4, 0.5) is 0 Å². The smallest absolute Gasteiger partial charge is 0.193 e. The summed E-state index contributed by atoms with van der Waals surface area (Å²) in [5, 5.41) is 0. The lowest BCUT2D eigenvalue weighted by Gasteiger charge is -2.26. The van der Waals surface area contributed by atoms with Crippen LogP contribution in [0.1, 0.15) is 57.6 Å². The number of hydrogen-bond acceptors (Lipinski definition) is 2. The highest BCUT2D eigenvalue weighted by Crippen LogP contribution is 2.49. The second-order valence-electron chi connectivity index (χ2n) is 6.90. The summed E-state index contributed by atoms with van der Waals surface area (Å²) in [7, 11) is 0. The van der Waals surface area contributed by atoms with Crippen molar-refractivity contribution in [3.8, 4) is 0 Å². The van der Waals surface area contributed by atoms with E-state index in [2.05, 4.69) is 41.1 Å². The number of hydrogen-bond donors (Lipinski definition) is 0. The van der Waals surface area contributed by atoms with Crippen LogP contribution in [0, 0.1) is 0 Å². The van der Waals surface area contributed by atoms with Crippen molar-refractivity contribution < 1.29 is 9.53 Å². The van der Waals surface area contributed by atoms with E-state index in [-0.39, 0.29) is 11.4 Å². The second kappa shape index (κ2) is 5.61. The van der Waals surface area contributed by atoms with E-state index in [0.29, 0.717) is 0 Å². The SMILES string of the molecule is CCc1cc(Br)ccc1/C=C1/C(=O)C(C)(C)OC12CCCC2. The summed E-state index contributed by atoms with van der Waals surface area (Å²) in [4.78, 5) is 12.9. The zero-order chi connectivity index (χ0) is 16.0. The van der Waals surface area contributed by atoms with Crippen molar-refractivity contribution in [2.24, 2.45) is 0 Å². The fourth-order valence-electron chi connectivity index (χ4n) is 3.81. The molecule has 2 aliphatic rings. The van der Waals surface area contributed by atoms with Gasteiger partial charge in [-0.2, -0.15) is 0 Å².